The highest BCUT2D eigenvalue weighted by Gasteiger charge is 2.27. The van der Waals surface area contributed by atoms with Gasteiger partial charge >= 0.3 is 6.09 Å². The van der Waals surface area contributed by atoms with Crippen LogP contribution in [0.5, 0.6) is 0 Å². The highest BCUT2D eigenvalue weighted by molar-refractivity contribution is 7.99. The van der Waals surface area contributed by atoms with E-state index in [2.05, 4.69) is 15.1 Å². The van der Waals surface area contributed by atoms with Crippen molar-refractivity contribution in [2.24, 2.45) is 7.05 Å². The van der Waals surface area contributed by atoms with Crippen LogP contribution in [0.2, 0.25) is 10.0 Å². The smallest absolute Gasteiger partial charge is 0.408 e. The first-order chi connectivity index (χ1) is 21.3. The van der Waals surface area contributed by atoms with Crippen LogP contribution in [0.15, 0.2) is 66.9 Å². The summed E-state index contributed by atoms with van der Waals surface area (Å²) in [5.41, 5.74) is 3.51. The Morgan fingerprint density at radius 3 is 2.38 bits per heavy atom. The second-order valence-corrected chi connectivity index (χ2v) is 12.8. The lowest BCUT2D eigenvalue weighted by molar-refractivity contribution is 0.0502. The fourth-order valence-electron chi connectivity index (χ4n) is 5.21. The third-order valence-electron chi connectivity index (χ3n) is 6.91. The number of rotatable bonds is 8. The molecule has 0 aliphatic rings. The lowest BCUT2D eigenvalue weighted by Gasteiger charge is -2.25. The van der Waals surface area contributed by atoms with Gasteiger partial charge in [-0.05, 0) is 63.1 Å². The van der Waals surface area contributed by atoms with Gasteiger partial charge in [0.2, 0.25) is 0 Å². The monoisotopic (exact) mass is 669 g/mol. The Bertz CT molecular complexity index is 1870. The van der Waals surface area contributed by atoms with E-state index >= 15 is 0 Å². The number of halogens is 4. The van der Waals surface area contributed by atoms with Crippen molar-refractivity contribution in [2.75, 3.05) is 11.0 Å². The summed E-state index contributed by atoms with van der Waals surface area (Å²) in [4.78, 5) is 18.0. The molecule has 5 aromatic rings. The maximum absolute atomic E-state index is 14.3. The summed E-state index contributed by atoms with van der Waals surface area (Å²) in [6.07, 6.45) is 2.85. The first kappa shape index (κ1) is 32.5. The molecular formula is C33H31Cl2F2N5O2S. The van der Waals surface area contributed by atoms with Gasteiger partial charge in [-0.2, -0.15) is 5.10 Å². The van der Waals surface area contributed by atoms with Crippen LogP contribution in [0, 0.1) is 11.6 Å². The molecule has 0 saturated heterocycles. The molecule has 12 heteroatoms. The van der Waals surface area contributed by atoms with Crippen LogP contribution < -0.4 is 10.0 Å². The topological polar surface area (TPSA) is 81.1 Å². The molecule has 234 valence electrons. The first-order valence-corrected chi connectivity index (χ1v) is 16.0. The van der Waals surface area contributed by atoms with E-state index in [1.165, 1.54) is 24.1 Å². The molecule has 45 heavy (non-hydrogen) atoms. The highest BCUT2D eigenvalue weighted by Crippen LogP contribution is 2.41. The van der Waals surface area contributed by atoms with E-state index in [9.17, 15) is 13.6 Å². The van der Waals surface area contributed by atoms with Crippen molar-refractivity contribution in [1.29, 1.82) is 0 Å². The van der Waals surface area contributed by atoms with Gasteiger partial charge in [-0.1, -0.05) is 59.4 Å². The number of benzene rings is 3. The Labute approximate surface area is 274 Å². The summed E-state index contributed by atoms with van der Waals surface area (Å²) < 4.78 is 39.1. The average Bonchev–Trinajstić information content (AvgIpc) is 3.28. The summed E-state index contributed by atoms with van der Waals surface area (Å²) in [5, 5.41) is 9.28. The number of pyridine rings is 1. The zero-order chi connectivity index (χ0) is 32.5. The number of amides is 1. The van der Waals surface area contributed by atoms with Gasteiger partial charge < -0.3 is 14.8 Å². The molecule has 0 spiro atoms. The molecule has 0 bridgehead atoms. The van der Waals surface area contributed by atoms with Gasteiger partial charge in [-0.25, -0.2) is 13.6 Å². The van der Waals surface area contributed by atoms with Crippen LogP contribution in [0.4, 0.5) is 19.4 Å². The number of hydrogen-bond donors (Lipinski definition) is 2. The molecule has 2 aromatic heterocycles. The lowest BCUT2D eigenvalue weighted by atomic mass is 9.92. The van der Waals surface area contributed by atoms with Crippen molar-refractivity contribution in [3.63, 3.8) is 0 Å². The van der Waals surface area contributed by atoms with Crippen LogP contribution in [-0.4, -0.2) is 32.7 Å². The maximum Gasteiger partial charge on any atom is 0.408 e. The number of aryl methyl sites for hydroxylation is 1. The number of aromatic nitrogens is 3. The van der Waals surface area contributed by atoms with E-state index in [1.54, 1.807) is 43.8 Å². The molecule has 7 nitrogen and oxygen atoms in total. The molecule has 0 saturated carbocycles. The van der Waals surface area contributed by atoms with Gasteiger partial charge in [-0.3, -0.25) is 9.67 Å². The maximum atomic E-state index is 14.3. The van der Waals surface area contributed by atoms with E-state index in [0.29, 0.717) is 43.6 Å². The standard InChI is InChI=1S/C33H31Cl2F2N5O2S/c1-33(2,3)44-32(43)39-27(14-18-12-20(36)16-21(37)13-18)29-24(15-19(17-38-29)22-8-6-7-9-25(22)34)23-10-11-26(35)28-30(23)42(4)40-31(28)41-45-5/h6-13,15-17,27H,14H2,1-5H3,(H,39,43)(H,40,41). The predicted molar refractivity (Wildman–Crippen MR) is 179 cm³/mol. The molecule has 0 aliphatic heterocycles. The molecule has 1 atom stereocenters. The van der Waals surface area contributed by atoms with Gasteiger partial charge in [0.05, 0.1) is 27.7 Å². The molecule has 0 radical (unpaired) electrons. The second kappa shape index (κ2) is 13.2. The SMILES string of the molecule is CSNc1nn(C)c2c(-c3cc(-c4ccccc4Cl)cnc3C(Cc3cc(F)cc(F)c3)NC(=O)OC(C)(C)C)ccc(Cl)c12. The summed E-state index contributed by atoms with van der Waals surface area (Å²) >= 11 is 14.7. The molecule has 5 rings (SSSR count). The zero-order valence-electron chi connectivity index (χ0n) is 25.2. The number of nitrogens with one attached hydrogen (secondary N) is 2. The van der Waals surface area contributed by atoms with Crippen LogP contribution in [0.25, 0.3) is 33.2 Å². The number of anilines is 1. The number of ether oxygens (including phenoxy) is 1. The van der Waals surface area contributed by atoms with Crippen LogP contribution in [0.1, 0.15) is 38.1 Å². The van der Waals surface area contributed by atoms with Gasteiger partial charge in [-0.15, -0.1) is 0 Å². The van der Waals surface area contributed by atoms with E-state index in [4.69, 9.17) is 32.9 Å². The van der Waals surface area contributed by atoms with Crippen LogP contribution >= 0.6 is 35.1 Å². The van der Waals surface area contributed by atoms with Crippen molar-refractivity contribution in [3.8, 4) is 22.3 Å². The number of fused-ring (bicyclic) bond motifs is 1. The number of carbonyl (C=O) groups excluding carboxylic acids is 1. The van der Waals surface area contributed by atoms with Crippen LogP contribution in [-0.2, 0) is 18.2 Å². The van der Waals surface area contributed by atoms with Crippen LogP contribution in [0.3, 0.4) is 0 Å². The molecule has 2 N–H and O–H groups in total. The van der Waals surface area contributed by atoms with Crippen molar-refractivity contribution in [2.45, 2.75) is 38.8 Å². The molecule has 1 unspecified atom stereocenters. The van der Waals surface area contributed by atoms with Crippen molar-refractivity contribution in [3.05, 3.63) is 99.8 Å². The Morgan fingerprint density at radius 1 is 1.00 bits per heavy atom. The summed E-state index contributed by atoms with van der Waals surface area (Å²) in [5.74, 6) is -0.875. The normalized spacial score (nSPS) is 12.3. The Balaban J connectivity index is 1.77. The molecular weight excluding hydrogens is 639 g/mol. The van der Waals surface area contributed by atoms with Crippen molar-refractivity contribution >= 4 is 58.0 Å². The predicted octanol–water partition coefficient (Wildman–Crippen LogP) is 9.39. The summed E-state index contributed by atoms with van der Waals surface area (Å²) in [6.45, 7) is 5.25. The fourth-order valence-corrected chi connectivity index (χ4v) is 6.03. The highest BCUT2D eigenvalue weighted by atomic mass is 35.5. The molecule has 2 heterocycles. The number of alkyl carbamates (subject to hydrolysis) is 1. The van der Waals surface area contributed by atoms with Crippen molar-refractivity contribution in [1.82, 2.24) is 20.1 Å². The molecule has 0 fully saturated rings. The quantitative estimate of drug-likeness (QED) is 0.160. The second-order valence-electron chi connectivity index (χ2n) is 11.4. The van der Waals surface area contributed by atoms with Gasteiger partial charge in [0.1, 0.15) is 17.2 Å². The van der Waals surface area contributed by atoms with Gasteiger partial charge in [0.25, 0.3) is 0 Å². The fraction of sp³-hybridized carbons (Fsp3) is 0.242. The minimum absolute atomic E-state index is 0.0146. The Kier molecular flexibility index (Phi) is 9.57. The largest absolute Gasteiger partial charge is 0.444 e. The first-order valence-electron chi connectivity index (χ1n) is 14.0. The third kappa shape index (κ3) is 7.35. The van der Waals surface area contributed by atoms with E-state index in [-0.39, 0.29) is 6.42 Å². The minimum Gasteiger partial charge on any atom is -0.444 e. The van der Waals surface area contributed by atoms with E-state index in [1.807, 2.05) is 43.6 Å². The number of hydrogen-bond acceptors (Lipinski definition) is 6. The van der Waals surface area contributed by atoms with Crippen molar-refractivity contribution < 1.29 is 18.3 Å². The Hall–Kier alpha value is -3.86. The zero-order valence-corrected chi connectivity index (χ0v) is 27.5. The average molecular weight is 671 g/mol. The minimum atomic E-state index is -0.862. The Morgan fingerprint density at radius 2 is 1.71 bits per heavy atom. The van der Waals surface area contributed by atoms with Gasteiger partial charge in [0, 0.05) is 52.8 Å². The molecule has 1 amide bonds. The molecule has 0 aliphatic carbocycles. The number of carbonyl (C=O) groups is 1. The third-order valence-corrected chi connectivity index (χ3v) is 7.96. The summed E-state index contributed by atoms with van der Waals surface area (Å²) in [6, 6.07) is 15.3. The lowest BCUT2D eigenvalue weighted by Crippen LogP contribution is -2.36. The van der Waals surface area contributed by atoms with E-state index < -0.39 is 29.4 Å². The number of nitrogens with zero attached hydrogens (tertiary/aromatic N) is 3. The van der Waals surface area contributed by atoms with Gasteiger partial charge in [0.15, 0.2) is 5.82 Å². The molecule has 3 aromatic carbocycles. The summed E-state index contributed by atoms with van der Waals surface area (Å²) in [7, 11) is 1.81. The van der Waals surface area contributed by atoms with E-state index in [0.717, 1.165) is 22.8 Å².